The van der Waals surface area contributed by atoms with Crippen molar-refractivity contribution in [1.29, 1.82) is 0 Å². The number of pyridine rings is 1. The number of nitrogens with zero attached hydrogens (tertiary/aromatic N) is 1. The Hall–Kier alpha value is -0.500. The van der Waals surface area contributed by atoms with E-state index in [9.17, 15) is 8.78 Å². The maximum Gasteiger partial charge on any atom is 0.126 e. The summed E-state index contributed by atoms with van der Waals surface area (Å²) in [5.74, 6) is -1.20. The number of benzene rings is 1. The van der Waals surface area contributed by atoms with E-state index in [0.29, 0.717) is 22.3 Å². The fraction of sp³-hybridized carbons (Fsp3) is 0.154. The molecule has 7 heteroatoms. The van der Waals surface area contributed by atoms with E-state index in [2.05, 4.69) is 54.4 Å². The third kappa shape index (κ3) is 4.00. The summed E-state index contributed by atoms with van der Waals surface area (Å²) in [6.07, 6.45) is 0.361. The number of rotatable bonds is 4. The molecule has 0 saturated carbocycles. The van der Waals surface area contributed by atoms with Crippen LogP contribution in [0.4, 0.5) is 8.78 Å². The Labute approximate surface area is 137 Å². The normalized spacial score (nSPS) is 12.4. The summed E-state index contributed by atoms with van der Waals surface area (Å²) < 4.78 is 30.7. The maximum atomic E-state index is 13.2. The molecule has 1 atom stereocenters. The molecule has 1 aromatic heterocycles. The summed E-state index contributed by atoms with van der Waals surface area (Å²) >= 11 is 10.8. The minimum Gasteiger partial charge on any atom is -0.257 e. The van der Waals surface area contributed by atoms with Crippen LogP contribution < -0.4 is 4.72 Å². The smallest absolute Gasteiger partial charge is 0.126 e. The van der Waals surface area contributed by atoms with Gasteiger partial charge < -0.3 is 0 Å². The van der Waals surface area contributed by atoms with Gasteiger partial charge in [-0.2, -0.15) is 0 Å². The number of nitrogens with one attached hydrogen (secondary N) is 1. The Kier molecular flexibility index (Phi) is 5.54. The van der Waals surface area contributed by atoms with Gasteiger partial charge in [0, 0.05) is 10.5 Å². The summed E-state index contributed by atoms with van der Waals surface area (Å²) in [4.78, 5) is 4.36. The topological polar surface area (TPSA) is 24.9 Å². The highest BCUT2D eigenvalue weighted by Crippen LogP contribution is 2.27. The Bertz CT molecular complexity index is 605. The van der Waals surface area contributed by atoms with Crippen LogP contribution in [0.3, 0.4) is 0 Å². The number of halogens is 4. The van der Waals surface area contributed by atoms with E-state index in [-0.39, 0.29) is 6.04 Å². The summed E-state index contributed by atoms with van der Waals surface area (Å²) in [5, 5.41) is 0. The first kappa shape index (κ1) is 15.9. The SMILES string of the molecule is Fc1cc(F)cc(C[C@H](NS)c2nc(Br)ccc2Br)c1. The predicted octanol–water partition coefficient (Wildman–Crippen LogP) is 4.60. The summed E-state index contributed by atoms with van der Waals surface area (Å²) in [6.45, 7) is 0. The van der Waals surface area contributed by atoms with Crippen molar-refractivity contribution < 1.29 is 8.78 Å². The zero-order valence-electron chi connectivity index (χ0n) is 10.1. The van der Waals surface area contributed by atoms with Gasteiger partial charge in [0.1, 0.15) is 16.2 Å². The van der Waals surface area contributed by atoms with Crippen molar-refractivity contribution in [3.63, 3.8) is 0 Å². The highest BCUT2D eigenvalue weighted by atomic mass is 79.9. The van der Waals surface area contributed by atoms with Crippen molar-refractivity contribution in [3.05, 3.63) is 62.3 Å². The number of hydrogen-bond donors (Lipinski definition) is 2. The molecule has 0 amide bonds. The summed E-state index contributed by atoms with van der Waals surface area (Å²) in [6, 6.07) is 6.80. The first-order chi connectivity index (χ1) is 9.49. The highest BCUT2D eigenvalue weighted by Gasteiger charge is 2.17. The van der Waals surface area contributed by atoms with Crippen molar-refractivity contribution >= 4 is 44.7 Å². The standard InChI is InChI=1S/C13H10Br2F2N2S/c14-10-1-2-12(15)18-13(10)11(19-20)5-7-3-8(16)6-9(17)4-7/h1-4,6,11,19-20H,5H2/t11-/m0/s1. The zero-order chi connectivity index (χ0) is 14.7. The molecule has 0 aliphatic carbocycles. The van der Waals surface area contributed by atoms with Crippen molar-refractivity contribution in [2.24, 2.45) is 0 Å². The molecule has 0 saturated heterocycles. The van der Waals surface area contributed by atoms with Crippen LogP contribution >= 0.6 is 44.7 Å². The molecule has 20 heavy (non-hydrogen) atoms. The Morgan fingerprint density at radius 2 is 1.80 bits per heavy atom. The third-order valence-electron chi connectivity index (χ3n) is 2.69. The van der Waals surface area contributed by atoms with Crippen molar-refractivity contribution in [1.82, 2.24) is 9.71 Å². The molecule has 0 spiro atoms. The largest absolute Gasteiger partial charge is 0.257 e. The van der Waals surface area contributed by atoms with Gasteiger partial charge in [-0.3, -0.25) is 4.72 Å². The lowest BCUT2D eigenvalue weighted by Crippen LogP contribution is -2.17. The van der Waals surface area contributed by atoms with E-state index < -0.39 is 11.6 Å². The lowest BCUT2D eigenvalue weighted by Gasteiger charge is -2.17. The molecular formula is C13H10Br2F2N2S. The molecule has 0 bridgehead atoms. The quantitative estimate of drug-likeness (QED) is 0.554. The molecule has 2 nitrogen and oxygen atoms in total. The van der Waals surface area contributed by atoms with Gasteiger partial charge >= 0.3 is 0 Å². The average molecular weight is 424 g/mol. The van der Waals surface area contributed by atoms with Gasteiger partial charge in [-0.15, -0.1) is 0 Å². The van der Waals surface area contributed by atoms with Gasteiger partial charge in [0.2, 0.25) is 0 Å². The van der Waals surface area contributed by atoms with Crippen LogP contribution in [0.15, 0.2) is 39.4 Å². The van der Waals surface area contributed by atoms with Gasteiger partial charge in [-0.25, -0.2) is 13.8 Å². The van der Waals surface area contributed by atoms with E-state index >= 15 is 0 Å². The number of aromatic nitrogens is 1. The van der Waals surface area contributed by atoms with Crippen LogP contribution in [0.25, 0.3) is 0 Å². The predicted molar refractivity (Wildman–Crippen MR) is 84.6 cm³/mol. The van der Waals surface area contributed by atoms with E-state index in [4.69, 9.17) is 0 Å². The van der Waals surface area contributed by atoms with Gasteiger partial charge in [-0.1, -0.05) is 12.8 Å². The molecule has 0 aliphatic heterocycles. The minimum atomic E-state index is -0.598. The van der Waals surface area contributed by atoms with Crippen LogP contribution in [-0.4, -0.2) is 4.98 Å². The first-order valence-corrected chi connectivity index (χ1v) is 7.69. The molecule has 2 aromatic rings. The molecule has 0 radical (unpaired) electrons. The van der Waals surface area contributed by atoms with E-state index in [0.717, 1.165) is 10.5 Å². The average Bonchev–Trinajstić information content (AvgIpc) is 2.38. The summed E-state index contributed by atoms with van der Waals surface area (Å²) in [7, 11) is 0. The van der Waals surface area contributed by atoms with Crippen molar-refractivity contribution in [2.75, 3.05) is 0 Å². The van der Waals surface area contributed by atoms with Gasteiger partial charge in [0.25, 0.3) is 0 Å². The molecular weight excluding hydrogens is 414 g/mol. The second kappa shape index (κ2) is 6.98. The Balaban J connectivity index is 2.31. The van der Waals surface area contributed by atoms with Crippen LogP contribution in [0.2, 0.25) is 0 Å². The molecule has 106 valence electrons. The molecule has 2 rings (SSSR count). The Morgan fingerprint density at radius 1 is 1.15 bits per heavy atom. The second-order valence-corrected chi connectivity index (χ2v) is 6.09. The Morgan fingerprint density at radius 3 is 2.40 bits per heavy atom. The van der Waals surface area contributed by atoms with Crippen LogP contribution in [0.5, 0.6) is 0 Å². The number of hydrogen-bond acceptors (Lipinski definition) is 3. The van der Waals surface area contributed by atoms with E-state index in [1.807, 2.05) is 6.07 Å². The minimum absolute atomic E-state index is 0.286. The van der Waals surface area contributed by atoms with Crippen molar-refractivity contribution in [2.45, 2.75) is 12.5 Å². The summed E-state index contributed by atoms with van der Waals surface area (Å²) in [5.41, 5.74) is 1.24. The monoisotopic (exact) mass is 422 g/mol. The molecule has 1 aromatic carbocycles. The molecule has 0 aliphatic rings. The highest BCUT2D eigenvalue weighted by molar-refractivity contribution is 9.11. The lowest BCUT2D eigenvalue weighted by atomic mass is 10.0. The third-order valence-corrected chi connectivity index (χ3v) is 4.11. The van der Waals surface area contributed by atoms with Gasteiger partial charge in [-0.05, 0) is 68.1 Å². The zero-order valence-corrected chi connectivity index (χ0v) is 14.1. The van der Waals surface area contributed by atoms with E-state index in [1.165, 1.54) is 12.1 Å². The molecule has 1 N–H and O–H groups in total. The second-order valence-electron chi connectivity index (χ2n) is 4.16. The molecule has 0 fully saturated rings. The van der Waals surface area contributed by atoms with E-state index in [1.54, 1.807) is 6.07 Å². The van der Waals surface area contributed by atoms with Gasteiger partial charge in [0.05, 0.1) is 11.7 Å². The van der Waals surface area contributed by atoms with Crippen molar-refractivity contribution in [3.8, 4) is 0 Å². The van der Waals surface area contributed by atoms with Gasteiger partial charge in [0.15, 0.2) is 0 Å². The van der Waals surface area contributed by atoms with Crippen LogP contribution in [-0.2, 0) is 6.42 Å². The maximum absolute atomic E-state index is 13.2. The fourth-order valence-electron chi connectivity index (χ4n) is 1.85. The molecule has 0 unspecified atom stereocenters. The lowest BCUT2D eigenvalue weighted by molar-refractivity contribution is 0.572. The fourth-order valence-corrected chi connectivity index (χ4v) is 2.88. The van der Waals surface area contributed by atoms with Crippen LogP contribution in [0, 0.1) is 11.6 Å². The first-order valence-electron chi connectivity index (χ1n) is 5.66. The molecule has 1 heterocycles. The van der Waals surface area contributed by atoms with Crippen LogP contribution in [0.1, 0.15) is 17.3 Å². The number of thiol groups is 1.